The van der Waals surface area contributed by atoms with Crippen LogP contribution in [-0.4, -0.2) is 24.9 Å². The Morgan fingerprint density at radius 3 is 1.87 bits per heavy atom. The molecular formula is C25H21N5O. The largest absolute Gasteiger partial charge is 0.443 e. The highest BCUT2D eigenvalue weighted by atomic mass is 16.3. The average molecular weight is 407 g/mol. The van der Waals surface area contributed by atoms with Crippen LogP contribution < -0.4 is 0 Å². The quantitative estimate of drug-likeness (QED) is 0.349. The summed E-state index contributed by atoms with van der Waals surface area (Å²) in [4.78, 5) is 20.2. The Kier molecular flexibility index (Phi) is 3.93. The van der Waals surface area contributed by atoms with Crippen LogP contribution in [0.2, 0.25) is 0 Å². The van der Waals surface area contributed by atoms with Gasteiger partial charge < -0.3 is 14.4 Å². The normalized spacial score (nSPS) is 11.8. The molecule has 3 aromatic heterocycles. The van der Waals surface area contributed by atoms with Gasteiger partial charge in [0.2, 0.25) is 0 Å². The Morgan fingerprint density at radius 1 is 0.710 bits per heavy atom. The molecule has 6 rings (SSSR count). The lowest BCUT2D eigenvalue weighted by molar-refractivity contribution is 0.605. The molecule has 0 fully saturated rings. The van der Waals surface area contributed by atoms with Crippen LogP contribution in [0.4, 0.5) is 0 Å². The SMILES string of the molecule is CCc1ncc(-c2ccc3c4ccc(-c5cnc(CC)[nH]5)cc4c4ocnc4c3c2)[nH]1. The molecule has 2 N–H and O–H groups in total. The highest BCUT2D eigenvalue weighted by Gasteiger charge is 2.15. The minimum Gasteiger partial charge on any atom is -0.443 e. The monoisotopic (exact) mass is 407 g/mol. The number of aromatic nitrogens is 5. The number of hydrogen-bond acceptors (Lipinski definition) is 4. The number of fused-ring (bicyclic) bond motifs is 6. The summed E-state index contributed by atoms with van der Waals surface area (Å²) in [6.45, 7) is 4.18. The zero-order chi connectivity index (χ0) is 20.9. The molecule has 31 heavy (non-hydrogen) atoms. The molecule has 3 heterocycles. The highest BCUT2D eigenvalue weighted by Crippen LogP contribution is 2.38. The minimum atomic E-state index is 0.801. The van der Waals surface area contributed by atoms with Gasteiger partial charge in [-0.05, 0) is 22.9 Å². The second-order valence-corrected chi connectivity index (χ2v) is 7.75. The molecule has 6 heteroatoms. The number of nitrogens with one attached hydrogen (secondary N) is 2. The van der Waals surface area contributed by atoms with Crippen LogP contribution in [0, 0.1) is 0 Å². The molecule has 0 aliphatic carbocycles. The second kappa shape index (κ2) is 6.80. The maximum Gasteiger partial charge on any atom is 0.182 e. The van der Waals surface area contributed by atoms with Crippen molar-refractivity contribution in [2.24, 2.45) is 0 Å². The van der Waals surface area contributed by atoms with Gasteiger partial charge in [0.1, 0.15) is 17.2 Å². The van der Waals surface area contributed by atoms with Crippen molar-refractivity contribution in [3.63, 3.8) is 0 Å². The number of aryl methyl sites for hydroxylation is 2. The van der Waals surface area contributed by atoms with Crippen molar-refractivity contribution >= 4 is 32.6 Å². The topological polar surface area (TPSA) is 83.4 Å². The van der Waals surface area contributed by atoms with Crippen LogP contribution in [-0.2, 0) is 12.8 Å². The van der Waals surface area contributed by atoms with Gasteiger partial charge in [0.15, 0.2) is 12.0 Å². The average Bonchev–Trinajstić information content (AvgIpc) is 3.58. The van der Waals surface area contributed by atoms with E-state index in [1.807, 2.05) is 12.4 Å². The predicted molar refractivity (Wildman–Crippen MR) is 123 cm³/mol. The van der Waals surface area contributed by atoms with E-state index >= 15 is 0 Å². The van der Waals surface area contributed by atoms with Crippen LogP contribution in [0.3, 0.4) is 0 Å². The molecular weight excluding hydrogens is 386 g/mol. The lowest BCUT2D eigenvalue weighted by atomic mass is 9.96. The molecule has 0 amide bonds. The Labute approximate surface area is 178 Å². The van der Waals surface area contributed by atoms with Gasteiger partial charge in [-0.1, -0.05) is 38.1 Å². The van der Waals surface area contributed by atoms with E-state index < -0.39 is 0 Å². The Morgan fingerprint density at radius 2 is 1.29 bits per heavy atom. The highest BCUT2D eigenvalue weighted by molar-refractivity contribution is 6.23. The first-order chi connectivity index (χ1) is 15.2. The molecule has 3 aromatic carbocycles. The molecule has 0 aliphatic rings. The molecule has 0 saturated carbocycles. The van der Waals surface area contributed by atoms with Crippen LogP contribution in [0.5, 0.6) is 0 Å². The first-order valence-corrected chi connectivity index (χ1v) is 10.6. The molecule has 0 spiro atoms. The molecule has 0 saturated heterocycles. The van der Waals surface area contributed by atoms with Crippen molar-refractivity contribution in [2.75, 3.05) is 0 Å². The predicted octanol–water partition coefficient (Wildman–Crippen LogP) is 6.04. The number of rotatable bonds is 4. The van der Waals surface area contributed by atoms with E-state index in [4.69, 9.17) is 4.42 Å². The van der Waals surface area contributed by atoms with E-state index in [1.165, 1.54) is 6.39 Å². The molecule has 0 unspecified atom stereocenters. The number of imidazole rings is 2. The lowest BCUT2D eigenvalue weighted by Crippen LogP contribution is -1.87. The van der Waals surface area contributed by atoms with E-state index in [0.29, 0.717) is 0 Å². The van der Waals surface area contributed by atoms with Crippen molar-refractivity contribution < 1.29 is 4.42 Å². The molecule has 0 bridgehead atoms. The van der Waals surface area contributed by atoms with Crippen molar-refractivity contribution in [3.05, 3.63) is 66.8 Å². The van der Waals surface area contributed by atoms with E-state index in [1.54, 1.807) is 0 Å². The maximum absolute atomic E-state index is 5.87. The van der Waals surface area contributed by atoms with Gasteiger partial charge in [-0.15, -0.1) is 0 Å². The Hall–Kier alpha value is -3.93. The van der Waals surface area contributed by atoms with Gasteiger partial charge >= 0.3 is 0 Å². The van der Waals surface area contributed by atoms with Crippen molar-refractivity contribution in [3.8, 4) is 22.5 Å². The fourth-order valence-corrected chi connectivity index (χ4v) is 4.28. The first kappa shape index (κ1) is 17.9. The van der Waals surface area contributed by atoms with Gasteiger partial charge in [-0.2, -0.15) is 0 Å². The van der Waals surface area contributed by atoms with Gasteiger partial charge in [0, 0.05) is 34.7 Å². The number of oxazole rings is 1. The Balaban J connectivity index is 1.59. The minimum absolute atomic E-state index is 0.801. The van der Waals surface area contributed by atoms with Gasteiger partial charge in [0.25, 0.3) is 0 Å². The fourth-order valence-electron chi connectivity index (χ4n) is 4.28. The zero-order valence-electron chi connectivity index (χ0n) is 17.4. The maximum atomic E-state index is 5.87. The lowest BCUT2D eigenvalue weighted by Gasteiger charge is -2.09. The van der Waals surface area contributed by atoms with Crippen LogP contribution in [0.25, 0.3) is 55.2 Å². The van der Waals surface area contributed by atoms with E-state index in [0.717, 1.165) is 79.6 Å². The summed E-state index contributed by atoms with van der Waals surface area (Å²) < 4.78 is 5.87. The summed E-state index contributed by atoms with van der Waals surface area (Å²) in [5.74, 6) is 1.97. The molecule has 6 aromatic rings. The van der Waals surface area contributed by atoms with E-state index in [9.17, 15) is 0 Å². The summed E-state index contributed by atoms with van der Waals surface area (Å²) >= 11 is 0. The molecule has 6 nitrogen and oxygen atoms in total. The van der Waals surface area contributed by atoms with Gasteiger partial charge in [-0.3, -0.25) is 0 Å². The molecule has 0 aliphatic heterocycles. The summed E-state index contributed by atoms with van der Waals surface area (Å²) in [7, 11) is 0. The summed E-state index contributed by atoms with van der Waals surface area (Å²) in [5.41, 5.74) is 5.86. The first-order valence-electron chi connectivity index (χ1n) is 10.6. The third-order valence-corrected chi connectivity index (χ3v) is 5.95. The standard InChI is InChI=1S/C25H21N5O/c1-3-22-26-11-20(29-22)14-5-7-16-17-8-6-15(21-12-27-23(4-2)30-21)10-19(17)25-24(18(16)9-14)28-13-31-25/h5-13H,3-4H2,1-2H3,(H,26,29)(H,27,30). The van der Waals surface area contributed by atoms with Gasteiger partial charge in [-0.25, -0.2) is 15.0 Å². The number of nitrogens with zero attached hydrogens (tertiary/aromatic N) is 3. The molecule has 0 radical (unpaired) electrons. The van der Waals surface area contributed by atoms with Crippen molar-refractivity contribution in [2.45, 2.75) is 26.7 Å². The van der Waals surface area contributed by atoms with Crippen molar-refractivity contribution in [1.29, 1.82) is 0 Å². The fraction of sp³-hybridized carbons (Fsp3) is 0.160. The number of benzene rings is 3. The summed E-state index contributed by atoms with van der Waals surface area (Å²) in [5, 5.41) is 4.42. The smallest absolute Gasteiger partial charge is 0.182 e. The molecule has 152 valence electrons. The van der Waals surface area contributed by atoms with E-state index in [-0.39, 0.29) is 0 Å². The van der Waals surface area contributed by atoms with Crippen LogP contribution in [0.1, 0.15) is 25.5 Å². The Bertz CT molecular complexity index is 1450. The third-order valence-electron chi connectivity index (χ3n) is 5.95. The second-order valence-electron chi connectivity index (χ2n) is 7.75. The van der Waals surface area contributed by atoms with E-state index in [2.05, 4.69) is 75.2 Å². The zero-order valence-corrected chi connectivity index (χ0v) is 17.4. The third kappa shape index (κ3) is 2.75. The number of aromatic amines is 2. The van der Waals surface area contributed by atoms with Crippen LogP contribution >= 0.6 is 0 Å². The van der Waals surface area contributed by atoms with Crippen molar-refractivity contribution in [1.82, 2.24) is 24.9 Å². The summed E-state index contributed by atoms with van der Waals surface area (Å²) in [6, 6.07) is 12.9. The molecule has 0 atom stereocenters. The van der Waals surface area contributed by atoms with Gasteiger partial charge in [0.05, 0.1) is 23.8 Å². The number of hydrogen-bond donors (Lipinski definition) is 2. The summed E-state index contributed by atoms with van der Waals surface area (Å²) in [6.07, 6.45) is 7.06. The number of H-pyrrole nitrogens is 2. The van der Waals surface area contributed by atoms with Crippen LogP contribution in [0.15, 0.2) is 59.6 Å².